The molecule has 0 bridgehead atoms. The number of aromatic nitrogens is 1. The monoisotopic (exact) mass is 333 g/mol. The summed E-state index contributed by atoms with van der Waals surface area (Å²) in [6.45, 7) is 4.06. The van der Waals surface area contributed by atoms with Crippen LogP contribution in [0.25, 0.3) is 0 Å². The number of benzene rings is 1. The molecule has 0 unspecified atom stereocenters. The van der Waals surface area contributed by atoms with E-state index >= 15 is 0 Å². The van der Waals surface area contributed by atoms with Crippen molar-refractivity contribution in [1.29, 1.82) is 0 Å². The van der Waals surface area contributed by atoms with E-state index in [0.717, 1.165) is 35.9 Å². The fourth-order valence-electron chi connectivity index (χ4n) is 2.44. The molecule has 2 aromatic rings. The molecule has 1 aromatic heterocycles. The molecule has 0 spiro atoms. The zero-order chi connectivity index (χ0) is 15.5. The van der Waals surface area contributed by atoms with Crippen molar-refractivity contribution in [3.8, 4) is 0 Å². The maximum Gasteiger partial charge on any atom is 0.257 e. The van der Waals surface area contributed by atoms with Gasteiger partial charge in [0.1, 0.15) is 0 Å². The van der Waals surface area contributed by atoms with Crippen LogP contribution in [0.4, 0.5) is 5.13 Å². The highest BCUT2D eigenvalue weighted by molar-refractivity contribution is 7.99. The molecule has 1 N–H and O–H groups in total. The molecule has 116 valence electrons. The topological polar surface area (TPSA) is 45.2 Å². The second-order valence-corrected chi connectivity index (χ2v) is 7.71. The van der Waals surface area contributed by atoms with Crippen LogP contribution in [0.3, 0.4) is 0 Å². The lowest BCUT2D eigenvalue weighted by Crippen LogP contribution is -2.25. The van der Waals surface area contributed by atoms with Crippen LogP contribution in [-0.4, -0.2) is 35.1 Å². The summed E-state index contributed by atoms with van der Waals surface area (Å²) in [5.74, 6) is 0.913. The molecular formula is C16H19N3OS2. The fourth-order valence-corrected chi connectivity index (χ4v) is 4.24. The second kappa shape index (κ2) is 6.81. The molecule has 2 heterocycles. The highest BCUT2D eigenvalue weighted by Crippen LogP contribution is 2.28. The van der Waals surface area contributed by atoms with E-state index in [1.54, 1.807) is 23.1 Å². The third kappa shape index (κ3) is 3.51. The molecule has 0 saturated carbocycles. The van der Waals surface area contributed by atoms with Gasteiger partial charge in [0, 0.05) is 34.8 Å². The number of fused-ring (bicyclic) bond motifs is 1. The summed E-state index contributed by atoms with van der Waals surface area (Å²) in [5.41, 5.74) is 1.82. The Balaban J connectivity index is 1.73. The van der Waals surface area contributed by atoms with Crippen LogP contribution in [0, 0.1) is 0 Å². The van der Waals surface area contributed by atoms with E-state index in [0.29, 0.717) is 10.7 Å². The summed E-state index contributed by atoms with van der Waals surface area (Å²) >= 11 is 3.32. The van der Waals surface area contributed by atoms with E-state index in [1.807, 2.05) is 24.3 Å². The summed E-state index contributed by atoms with van der Waals surface area (Å²) in [6, 6.07) is 7.73. The number of likely N-dealkylation sites (N-methyl/N-ethyl adjacent to an activating group) is 1. The molecule has 0 aliphatic carbocycles. The molecule has 0 fully saturated rings. The molecule has 1 aliphatic rings. The van der Waals surface area contributed by atoms with E-state index in [1.165, 1.54) is 4.88 Å². The lowest BCUT2D eigenvalue weighted by atomic mass is 10.2. The SMILES string of the molecule is CCSc1cccc(C(=O)Nc2nc3c(s2)CN(C)CC3)c1. The first-order chi connectivity index (χ1) is 10.7. The Kier molecular flexibility index (Phi) is 4.81. The van der Waals surface area contributed by atoms with E-state index in [4.69, 9.17) is 0 Å². The van der Waals surface area contributed by atoms with Gasteiger partial charge in [-0.05, 0) is 31.0 Å². The van der Waals surface area contributed by atoms with Gasteiger partial charge in [-0.25, -0.2) is 4.98 Å². The lowest BCUT2D eigenvalue weighted by molar-refractivity contribution is 0.102. The Labute approximate surface area is 138 Å². The second-order valence-electron chi connectivity index (χ2n) is 5.29. The highest BCUT2D eigenvalue weighted by atomic mass is 32.2. The van der Waals surface area contributed by atoms with Crippen molar-refractivity contribution < 1.29 is 4.79 Å². The normalized spacial score (nSPS) is 14.6. The molecule has 1 aromatic carbocycles. The van der Waals surface area contributed by atoms with Gasteiger partial charge in [-0.2, -0.15) is 0 Å². The predicted molar refractivity (Wildman–Crippen MR) is 92.9 cm³/mol. The van der Waals surface area contributed by atoms with Gasteiger partial charge in [-0.1, -0.05) is 13.0 Å². The van der Waals surface area contributed by atoms with Gasteiger partial charge in [-0.15, -0.1) is 23.1 Å². The number of nitrogens with zero attached hydrogens (tertiary/aromatic N) is 2. The van der Waals surface area contributed by atoms with Crippen LogP contribution in [0.5, 0.6) is 0 Å². The van der Waals surface area contributed by atoms with Crippen LogP contribution < -0.4 is 5.32 Å². The van der Waals surface area contributed by atoms with E-state index in [2.05, 4.69) is 29.2 Å². The molecule has 22 heavy (non-hydrogen) atoms. The molecule has 4 nitrogen and oxygen atoms in total. The number of anilines is 1. The van der Waals surface area contributed by atoms with Gasteiger partial charge in [0.2, 0.25) is 0 Å². The maximum atomic E-state index is 12.4. The van der Waals surface area contributed by atoms with Crippen molar-refractivity contribution in [2.45, 2.75) is 24.8 Å². The van der Waals surface area contributed by atoms with Crippen LogP contribution in [0.2, 0.25) is 0 Å². The summed E-state index contributed by atoms with van der Waals surface area (Å²) < 4.78 is 0. The Morgan fingerprint density at radius 2 is 2.36 bits per heavy atom. The van der Waals surface area contributed by atoms with Crippen LogP contribution in [0.1, 0.15) is 27.9 Å². The third-order valence-electron chi connectivity index (χ3n) is 3.55. The smallest absolute Gasteiger partial charge is 0.257 e. The largest absolute Gasteiger partial charge is 0.301 e. The van der Waals surface area contributed by atoms with Crippen molar-refractivity contribution in [3.05, 3.63) is 40.4 Å². The summed E-state index contributed by atoms with van der Waals surface area (Å²) in [4.78, 5) is 21.6. The van der Waals surface area contributed by atoms with Gasteiger partial charge in [-0.3, -0.25) is 10.1 Å². The number of hydrogen-bond acceptors (Lipinski definition) is 5. The highest BCUT2D eigenvalue weighted by Gasteiger charge is 2.19. The zero-order valence-electron chi connectivity index (χ0n) is 12.8. The van der Waals surface area contributed by atoms with Crippen molar-refractivity contribution >= 4 is 34.1 Å². The first-order valence-electron chi connectivity index (χ1n) is 7.37. The molecule has 0 atom stereocenters. The summed E-state index contributed by atoms with van der Waals surface area (Å²) in [7, 11) is 2.11. The van der Waals surface area contributed by atoms with Gasteiger partial charge in [0.25, 0.3) is 5.91 Å². The zero-order valence-corrected chi connectivity index (χ0v) is 14.4. The maximum absolute atomic E-state index is 12.4. The van der Waals surface area contributed by atoms with Gasteiger partial charge in [0.15, 0.2) is 5.13 Å². The van der Waals surface area contributed by atoms with Crippen LogP contribution >= 0.6 is 23.1 Å². The number of carbonyl (C=O) groups excluding carboxylic acids is 1. The quantitative estimate of drug-likeness (QED) is 0.870. The van der Waals surface area contributed by atoms with Crippen molar-refractivity contribution in [2.75, 3.05) is 24.7 Å². The first-order valence-corrected chi connectivity index (χ1v) is 9.17. The minimum Gasteiger partial charge on any atom is -0.301 e. The summed E-state index contributed by atoms with van der Waals surface area (Å²) in [5, 5.41) is 3.65. The van der Waals surface area contributed by atoms with E-state index < -0.39 is 0 Å². The Morgan fingerprint density at radius 3 is 3.18 bits per heavy atom. The number of hydrogen-bond donors (Lipinski definition) is 1. The lowest BCUT2D eigenvalue weighted by Gasteiger charge is -2.20. The average Bonchev–Trinajstić information content (AvgIpc) is 2.89. The number of carbonyl (C=O) groups is 1. The standard InChI is InChI=1S/C16H19N3OS2/c1-3-21-12-6-4-5-11(9-12)15(20)18-16-17-13-7-8-19(2)10-14(13)22-16/h4-6,9H,3,7-8,10H2,1-2H3,(H,17,18,20). The number of thioether (sulfide) groups is 1. The van der Waals surface area contributed by atoms with Gasteiger partial charge >= 0.3 is 0 Å². The van der Waals surface area contributed by atoms with E-state index in [-0.39, 0.29) is 5.91 Å². The minimum absolute atomic E-state index is 0.0852. The molecule has 0 radical (unpaired) electrons. The number of nitrogens with one attached hydrogen (secondary N) is 1. The Bertz CT molecular complexity index is 684. The molecule has 1 amide bonds. The first kappa shape index (κ1) is 15.5. The number of amides is 1. The van der Waals surface area contributed by atoms with Crippen molar-refractivity contribution in [2.24, 2.45) is 0 Å². The average molecular weight is 333 g/mol. The Hall–Kier alpha value is -1.37. The molecule has 1 aliphatic heterocycles. The van der Waals surface area contributed by atoms with Crippen LogP contribution in [-0.2, 0) is 13.0 Å². The molecule has 6 heteroatoms. The summed E-state index contributed by atoms with van der Waals surface area (Å²) in [6.07, 6.45) is 0.959. The number of thiazole rings is 1. The van der Waals surface area contributed by atoms with Crippen LogP contribution in [0.15, 0.2) is 29.2 Å². The number of rotatable bonds is 4. The predicted octanol–water partition coefficient (Wildman–Crippen LogP) is 3.50. The van der Waals surface area contributed by atoms with Gasteiger partial charge < -0.3 is 4.90 Å². The van der Waals surface area contributed by atoms with E-state index in [9.17, 15) is 4.79 Å². The molecule has 0 saturated heterocycles. The van der Waals surface area contributed by atoms with Crippen molar-refractivity contribution in [1.82, 2.24) is 9.88 Å². The minimum atomic E-state index is -0.0852. The third-order valence-corrected chi connectivity index (χ3v) is 5.42. The molecular weight excluding hydrogens is 314 g/mol. The fraction of sp³-hybridized carbons (Fsp3) is 0.375. The van der Waals surface area contributed by atoms with Crippen molar-refractivity contribution in [3.63, 3.8) is 0 Å². The van der Waals surface area contributed by atoms with Gasteiger partial charge in [0.05, 0.1) is 5.69 Å². The Morgan fingerprint density at radius 1 is 1.50 bits per heavy atom. The molecule has 3 rings (SSSR count).